The Morgan fingerprint density at radius 3 is 2.76 bits per heavy atom. The van der Waals surface area contributed by atoms with Gasteiger partial charge in [-0.25, -0.2) is 9.97 Å². The van der Waals surface area contributed by atoms with E-state index in [4.69, 9.17) is 16.3 Å². The average molecular weight is 258 g/mol. The molecule has 0 fully saturated rings. The Balaban J connectivity index is 2.77. The summed E-state index contributed by atoms with van der Waals surface area (Å²) in [4.78, 5) is 10.4. The lowest BCUT2D eigenvalue weighted by molar-refractivity contribution is 0.154. The molecule has 0 aliphatic rings. The largest absolute Gasteiger partial charge is 0.380 e. The average Bonchev–Trinajstić information content (AvgIpc) is 2.32. The van der Waals surface area contributed by atoms with Crippen LogP contribution in [0.25, 0.3) is 0 Å². The summed E-state index contributed by atoms with van der Waals surface area (Å²) in [5, 5.41) is 0.556. The highest BCUT2D eigenvalue weighted by Crippen LogP contribution is 2.23. The predicted octanol–water partition coefficient (Wildman–Crippen LogP) is 2.56. The Morgan fingerprint density at radius 1 is 1.35 bits per heavy atom. The fourth-order valence-electron chi connectivity index (χ4n) is 1.63. The van der Waals surface area contributed by atoms with Crippen LogP contribution < -0.4 is 4.90 Å². The minimum Gasteiger partial charge on any atom is -0.380 e. The van der Waals surface area contributed by atoms with E-state index < -0.39 is 0 Å². The quantitative estimate of drug-likeness (QED) is 0.556. The molecule has 0 aliphatic carbocycles. The van der Waals surface area contributed by atoms with Crippen LogP contribution >= 0.6 is 11.6 Å². The van der Waals surface area contributed by atoms with E-state index in [1.54, 1.807) is 0 Å². The molecule has 0 radical (unpaired) electrons. The summed E-state index contributed by atoms with van der Waals surface area (Å²) in [5.41, 5.74) is 1.02. The van der Waals surface area contributed by atoms with Crippen molar-refractivity contribution >= 4 is 17.4 Å². The number of nitrogens with zero attached hydrogens (tertiary/aromatic N) is 3. The van der Waals surface area contributed by atoms with Crippen molar-refractivity contribution in [3.05, 3.63) is 17.0 Å². The first-order chi connectivity index (χ1) is 8.20. The molecule has 0 N–H and O–H groups in total. The van der Waals surface area contributed by atoms with Crippen molar-refractivity contribution in [1.82, 2.24) is 9.97 Å². The number of hydrogen-bond donors (Lipinski definition) is 0. The van der Waals surface area contributed by atoms with Gasteiger partial charge in [-0.3, -0.25) is 0 Å². The number of halogens is 1. The molecule has 96 valence electrons. The summed E-state index contributed by atoms with van der Waals surface area (Å²) in [6.45, 7) is 6.34. The lowest BCUT2D eigenvalue weighted by Crippen LogP contribution is -2.25. The van der Waals surface area contributed by atoms with Gasteiger partial charge in [-0.2, -0.15) is 0 Å². The van der Waals surface area contributed by atoms with Crippen molar-refractivity contribution < 1.29 is 4.74 Å². The Hall–Kier alpha value is -0.870. The summed E-state index contributed by atoms with van der Waals surface area (Å²) in [5.74, 6) is 0.909. The van der Waals surface area contributed by atoms with E-state index in [1.165, 1.54) is 6.33 Å². The first kappa shape index (κ1) is 14.2. The summed E-state index contributed by atoms with van der Waals surface area (Å²) >= 11 is 6.10. The van der Waals surface area contributed by atoms with Gasteiger partial charge >= 0.3 is 0 Å². The SMILES string of the molecule is CCCc1c(Cl)ncnc1N(C)CCOCC. The van der Waals surface area contributed by atoms with Gasteiger partial charge in [0.2, 0.25) is 0 Å². The molecular formula is C12H20ClN3O. The smallest absolute Gasteiger partial charge is 0.137 e. The monoisotopic (exact) mass is 257 g/mol. The highest BCUT2D eigenvalue weighted by molar-refractivity contribution is 6.30. The van der Waals surface area contributed by atoms with E-state index in [-0.39, 0.29) is 0 Å². The van der Waals surface area contributed by atoms with Crippen LogP contribution in [-0.4, -0.2) is 36.8 Å². The van der Waals surface area contributed by atoms with Gasteiger partial charge in [-0.05, 0) is 13.3 Å². The number of likely N-dealkylation sites (N-methyl/N-ethyl adjacent to an activating group) is 1. The number of anilines is 1. The normalized spacial score (nSPS) is 10.6. The molecule has 5 heteroatoms. The highest BCUT2D eigenvalue weighted by atomic mass is 35.5. The molecule has 1 rings (SSSR count). The molecule has 1 heterocycles. The lowest BCUT2D eigenvalue weighted by Gasteiger charge is -2.21. The van der Waals surface area contributed by atoms with Crippen LogP contribution in [0.3, 0.4) is 0 Å². The van der Waals surface area contributed by atoms with E-state index >= 15 is 0 Å². The van der Waals surface area contributed by atoms with Crippen molar-refractivity contribution in [1.29, 1.82) is 0 Å². The van der Waals surface area contributed by atoms with Crippen molar-refractivity contribution in [3.63, 3.8) is 0 Å². The molecule has 0 spiro atoms. The van der Waals surface area contributed by atoms with E-state index in [9.17, 15) is 0 Å². The van der Waals surface area contributed by atoms with Gasteiger partial charge in [0, 0.05) is 25.8 Å². The third-order valence-corrected chi connectivity index (χ3v) is 2.83. The summed E-state index contributed by atoms with van der Waals surface area (Å²) in [6, 6.07) is 0. The summed E-state index contributed by atoms with van der Waals surface area (Å²) < 4.78 is 5.34. The minimum atomic E-state index is 0.556. The van der Waals surface area contributed by atoms with Gasteiger partial charge in [0.25, 0.3) is 0 Å². The van der Waals surface area contributed by atoms with Gasteiger partial charge < -0.3 is 9.64 Å². The molecular weight excluding hydrogens is 238 g/mol. The van der Waals surface area contributed by atoms with Crippen molar-refractivity contribution in [2.75, 3.05) is 31.7 Å². The zero-order valence-electron chi connectivity index (χ0n) is 10.7. The Bertz CT molecular complexity index is 347. The molecule has 0 saturated heterocycles. The fraction of sp³-hybridized carbons (Fsp3) is 0.667. The van der Waals surface area contributed by atoms with Crippen LogP contribution in [-0.2, 0) is 11.2 Å². The molecule has 4 nitrogen and oxygen atoms in total. The standard InChI is InChI=1S/C12H20ClN3O/c1-4-6-10-11(13)14-9-15-12(10)16(3)7-8-17-5-2/h9H,4-8H2,1-3H3. The fourth-order valence-corrected chi connectivity index (χ4v) is 1.85. The molecule has 0 unspecified atom stereocenters. The second-order valence-electron chi connectivity index (χ2n) is 3.84. The number of aromatic nitrogens is 2. The topological polar surface area (TPSA) is 38.2 Å². The van der Waals surface area contributed by atoms with Crippen LogP contribution in [0.2, 0.25) is 5.15 Å². The van der Waals surface area contributed by atoms with Gasteiger partial charge in [0.15, 0.2) is 0 Å². The molecule has 1 aromatic heterocycles. The molecule has 1 aromatic rings. The van der Waals surface area contributed by atoms with Gasteiger partial charge in [0.1, 0.15) is 17.3 Å². The Labute approximate surface area is 108 Å². The Morgan fingerprint density at radius 2 is 2.12 bits per heavy atom. The Kier molecular flexibility index (Phi) is 6.22. The second kappa shape index (κ2) is 7.45. The number of ether oxygens (including phenoxy) is 1. The van der Waals surface area contributed by atoms with Crippen LogP contribution in [0.15, 0.2) is 6.33 Å². The van der Waals surface area contributed by atoms with Gasteiger partial charge in [-0.15, -0.1) is 0 Å². The number of hydrogen-bond acceptors (Lipinski definition) is 4. The first-order valence-corrected chi connectivity index (χ1v) is 6.36. The van der Waals surface area contributed by atoms with E-state index in [1.807, 2.05) is 14.0 Å². The van der Waals surface area contributed by atoms with Crippen molar-refractivity contribution in [3.8, 4) is 0 Å². The van der Waals surface area contributed by atoms with Crippen molar-refractivity contribution in [2.24, 2.45) is 0 Å². The molecule has 0 atom stereocenters. The van der Waals surface area contributed by atoms with E-state index in [0.717, 1.165) is 37.4 Å². The van der Waals surface area contributed by atoms with Crippen LogP contribution in [0, 0.1) is 0 Å². The molecule has 0 amide bonds. The third kappa shape index (κ3) is 4.13. The lowest BCUT2D eigenvalue weighted by atomic mass is 10.2. The highest BCUT2D eigenvalue weighted by Gasteiger charge is 2.12. The third-order valence-electron chi connectivity index (χ3n) is 2.51. The van der Waals surface area contributed by atoms with Crippen LogP contribution in [0.1, 0.15) is 25.8 Å². The molecule has 0 aromatic carbocycles. The van der Waals surface area contributed by atoms with Gasteiger partial charge in [0.05, 0.1) is 6.61 Å². The van der Waals surface area contributed by atoms with Crippen LogP contribution in [0.5, 0.6) is 0 Å². The first-order valence-electron chi connectivity index (χ1n) is 5.98. The van der Waals surface area contributed by atoms with Crippen molar-refractivity contribution in [2.45, 2.75) is 26.7 Å². The van der Waals surface area contributed by atoms with E-state index in [0.29, 0.717) is 11.8 Å². The molecule has 0 bridgehead atoms. The molecule has 0 aliphatic heterocycles. The molecule has 17 heavy (non-hydrogen) atoms. The summed E-state index contributed by atoms with van der Waals surface area (Å²) in [6.07, 6.45) is 3.43. The zero-order valence-corrected chi connectivity index (χ0v) is 11.5. The van der Waals surface area contributed by atoms with Crippen LogP contribution in [0.4, 0.5) is 5.82 Å². The summed E-state index contributed by atoms with van der Waals surface area (Å²) in [7, 11) is 2.00. The maximum atomic E-state index is 6.10. The molecule has 0 saturated carbocycles. The maximum absolute atomic E-state index is 6.10. The zero-order chi connectivity index (χ0) is 12.7. The minimum absolute atomic E-state index is 0.556. The van der Waals surface area contributed by atoms with E-state index in [2.05, 4.69) is 21.8 Å². The maximum Gasteiger partial charge on any atom is 0.137 e. The number of rotatable bonds is 7. The second-order valence-corrected chi connectivity index (χ2v) is 4.19. The predicted molar refractivity (Wildman–Crippen MR) is 70.8 cm³/mol. The van der Waals surface area contributed by atoms with Gasteiger partial charge in [-0.1, -0.05) is 24.9 Å².